The van der Waals surface area contributed by atoms with Gasteiger partial charge in [-0.15, -0.1) is 0 Å². The molecule has 2 rings (SSSR count). The number of aryl methyl sites for hydroxylation is 1. The minimum Gasteiger partial charge on any atom is -0.399 e. The van der Waals surface area contributed by atoms with Gasteiger partial charge in [-0.25, -0.2) is 0 Å². The van der Waals surface area contributed by atoms with Crippen molar-refractivity contribution in [1.29, 1.82) is 0 Å². The highest BCUT2D eigenvalue weighted by atomic mass is 14.9. The Bertz CT molecular complexity index is 477. The van der Waals surface area contributed by atoms with E-state index < -0.39 is 0 Å². The van der Waals surface area contributed by atoms with Crippen molar-refractivity contribution in [3.8, 4) is 0 Å². The molecule has 88 valence electrons. The normalized spacial score (nSPS) is 10.2. The van der Waals surface area contributed by atoms with E-state index in [-0.39, 0.29) is 0 Å². The lowest BCUT2D eigenvalue weighted by molar-refractivity contribution is 0.972. The average Bonchev–Trinajstić information content (AvgIpc) is 2.38. The topological polar surface area (TPSA) is 50.9 Å². The lowest BCUT2D eigenvalue weighted by atomic mass is 10.1. The van der Waals surface area contributed by atoms with Crippen LogP contribution in [0.2, 0.25) is 0 Å². The summed E-state index contributed by atoms with van der Waals surface area (Å²) in [7, 11) is 0. The van der Waals surface area contributed by atoms with Gasteiger partial charge in [0.2, 0.25) is 0 Å². The molecule has 0 spiro atoms. The molecular formula is C14H17N3. The van der Waals surface area contributed by atoms with E-state index in [4.69, 9.17) is 5.73 Å². The number of hydrogen-bond donors (Lipinski definition) is 2. The van der Waals surface area contributed by atoms with Crippen LogP contribution in [0.25, 0.3) is 0 Å². The number of hydrogen-bond acceptors (Lipinski definition) is 3. The summed E-state index contributed by atoms with van der Waals surface area (Å²) in [4.78, 5) is 4.39. The van der Waals surface area contributed by atoms with Crippen molar-refractivity contribution in [1.82, 2.24) is 4.98 Å². The van der Waals surface area contributed by atoms with Crippen molar-refractivity contribution in [2.24, 2.45) is 0 Å². The van der Waals surface area contributed by atoms with Crippen molar-refractivity contribution in [2.75, 3.05) is 11.1 Å². The molecular weight excluding hydrogens is 210 g/mol. The van der Waals surface area contributed by atoms with Gasteiger partial charge in [0, 0.05) is 17.6 Å². The number of benzene rings is 1. The first kappa shape index (κ1) is 11.5. The number of nitrogens with one attached hydrogen (secondary N) is 1. The zero-order valence-electron chi connectivity index (χ0n) is 9.98. The molecule has 17 heavy (non-hydrogen) atoms. The number of aromatic nitrogens is 1. The van der Waals surface area contributed by atoms with Gasteiger partial charge in [-0.1, -0.05) is 13.0 Å². The highest BCUT2D eigenvalue weighted by molar-refractivity contribution is 5.51. The molecule has 1 heterocycles. The third kappa shape index (κ3) is 2.97. The van der Waals surface area contributed by atoms with Gasteiger partial charge in [0.25, 0.3) is 0 Å². The van der Waals surface area contributed by atoms with Crippen LogP contribution in [-0.2, 0) is 13.0 Å². The molecule has 0 fully saturated rings. The number of anilines is 2. The molecule has 0 aliphatic carbocycles. The molecule has 3 nitrogen and oxygen atoms in total. The highest BCUT2D eigenvalue weighted by Crippen LogP contribution is 2.13. The Morgan fingerprint density at radius 2 is 1.94 bits per heavy atom. The van der Waals surface area contributed by atoms with Crippen LogP contribution in [0.3, 0.4) is 0 Å². The Kier molecular flexibility index (Phi) is 3.60. The van der Waals surface area contributed by atoms with E-state index in [1.165, 1.54) is 5.56 Å². The van der Waals surface area contributed by atoms with Crippen molar-refractivity contribution >= 4 is 11.4 Å². The molecule has 1 aromatic heterocycles. The Morgan fingerprint density at radius 1 is 1.18 bits per heavy atom. The summed E-state index contributed by atoms with van der Waals surface area (Å²) in [5.74, 6) is 0. The molecule has 0 radical (unpaired) electrons. The van der Waals surface area contributed by atoms with Crippen LogP contribution in [-0.4, -0.2) is 4.98 Å². The first-order valence-corrected chi connectivity index (χ1v) is 5.81. The molecule has 0 aliphatic heterocycles. The van der Waals surface area contributed by atoms with Crippen LogP contribution in [0, 0.1) is 0 Å². The smallest absolute Gasteiger partial charge is 0.0626 e. The molecule has 0 aliphatic rings. The van der Waals surface area contributed by atoms with Crippen LogP contribution < -0.4 is 11.1 Å². The number of nitrogen functional groups attached to an aromatic ring is 1. The molecule has 0 amide bonds. The molecule has 3 heteroatoms. The van der Waals surface area contributed by atoms with Gasteiger partial charge in [-0.2, -0.15) is 0 Å². The molecule has 0 atom stereocenters. The van der Waals surface area contributed by atoms with Gasteiger partial charge in [0.1, 0.15) is 0 Å². The number of pyridine rings is 1. The fourth-order valence-corrected chi connectivity index (χ4v) is 1.74. The maximum atomic E-state index is 5.64. The van der Waals surface area contributed by atoms with Gasteiger partial charge in [0.15, 0.2) is 0 Å². The minimum atomic E-state index is 0.744. The van der Waals surface area contributed by atoms with E-state index in [0.29, 0.717) is 0 Å². The van der Waals surface area contributed by atoms with E-state index in [1.54, 1.807) is 0 Å². The number of nitrogens with zero attached hydrogens (tertiary/aromatic N) is 1. The summed E-state index contributed by atoms with van der Waals surface area (Å²) in [6.45, 7) is 2.89. The van der Waals surface area contributed by atoms with Gasteiger partial charge < -0.3 is 11.1 Å². The quantitative estimate of drug-likeness (QED) is 0.790. The summed E-state index contributed by atoms with van der Waals surface area (Å²) in [5, 5.41) is 3.34. The number of nitrogens with two attached hydrogens (primary N) is 1. The van der Waals surface area contributed by atoms with Crippen LogP contribution in [0.5, 0.6) is 0 Å². The minimum absolute atomic E-state index is 0.744. The first-order chi connectivity index (χ1) is 8.29. The fraction of sp³-hybridized carbons (Fsp3) is 0.214. The maximum absolute atomic E-state index is 5.64. The van der Waals surface area contributed by atoms with Crippen LogP contribution in [0.4, 0.5) is 11.4 Å². The van der Waals surface area contributed by atoms with Gasteiger partial charge in [-0.3, -0.25) is 4.98 Å². The Morgan fingerprint density at radius 3 is 2.65 bits per heavy atom. The second-order valence-electron chi connectivity index (χ2n) is 3.94. The van der Waals surface area contributed by atoms with Gasteiger partial charge in [-0.05, 0) is 42.3 Å². The standard InChI is InChI=1S/C14H17N3/c1-2-11-4-3-9-16-14(11)10-17-13-7-5-12(15)6-8-13/h3-9,17H,2,10,15H2,1H3. The lowest BCUT2D eigenvalue weighted by Crippen LogP contribution is -2.04. The Hall–Kier alpha value is -2.03. The SMILES string of the molecule is CCc1cccnc1CNc1ccc(N)cc1. The predicted molar refractivity (Wildman–Crippen MR) is 71.8 cm³/mol. The third-order valence-corrected chi connectivity index (χ3v) is 2.74. The monoisotopic (exact) mass is 227 g/mol. The van der Waals surface area contributed by atoms with E-state index in [0.717, 1.165) is 30.0 Å². The summed E-state index contributed by atoms with van der Waals surface area (Å²) in [5.41, 5.74) is 9.87. The van der Waals surface area contributed by atoms with Crippen molar-refractivity contribution in [2.45, 2.75) is 19.9 Å². The third-order valence-electron chi connectivity index (χ3n) is 2.74. The highest BCUT2D eigenvalue weighted by Gasteiger charge is 2.00. The maximum Gasteiger partial charge on any atom is 0.0626 e. The van der Waals surface area contributed by atoms with Crippen molar-refractivity contribution < 1.29 is 0 Å². The van der Waals surface area contributed by atoms with E-state index in [1.807, 2.05) is 36.5 Å². The van der Waals surface area contributed by atoms with E-state index in [2.05, 4.69) is 23.3 Å². The first-order valence-electron chi connectivity index (χ1n) is 5.81. The van der Waals surface area contributed by atoms with Crippen molar-refractivity contribution in [3.05, 3.63) is 53.9 Å². The molecule has 0 saturated heterocycles. The molecule has 0 unspecified atom stereocenters. The molecule has 3 N–H and O–H groups in total. The zero-order valence-corrected chi connectivity index (χ0v) is 9.98. The average molecular weight is 227 g/mol. The summed E-state index contributed by atoms with van der Waals surface area (Å²) >= 11 is 0. The largest absolute Gasteiger partial charge is 0.399 e. The lowest BCUT2D eigenvalue weighted by Gasteiger charge is -2.09. The molecule has 1 aromatic carbocycles. The van der Waals surface area contributed by atoms with Crippen LogP contribution in [0.1, 0.15) is 18.2 Å². The second-order valence-corrected chi connectivity index (χ2v) is 3.94. The molecule has 2 aromatic rings. The summed E-state index contributed by atoms with van der Waals surface area (Å²) in [6, 6.07) is 11.8. The summed E-state index contributed by atoms with van der Waals surface area (Å²) in [6.07, 6.45) is 2.84. The van der Waals surface area contributed by atoms with Crippen LogP contribution >= 0.6 is 0 Å². The Balaban J connectivity index is 2.04. The fourth-order valence-electron chi connectivity index (χ4n) is 1.74. The summed E-state index contributed by atoms with van der Waals surface area (Å²) < 4.78 is 0. The molecule has 0 bridgehead atoms. The zero-order chi connectivity index (χ0) is 12.1. The number of rotatable bonds is 4. The van der Waals surface area contributed by atoms with Crippen molar-refractivity contribution in [3.63, 3.8) is 0 Å². The van der Waals surface area contributed by atoms with Crippen LogP contribution in [0.15, 0.2) is 42.6 Å². The van der Waals surface area contributed by atoms with Gasteiger partial charge in [0.05, 0.1) is 12.2 Å². The van der Waals surface area contributed by atoms with E-state index >= 15 is 0 Å². The van der Waals surface area contributed by atoms with Gasteiger partial charge >= 0.3 is 0 Å². The second kappa shape index (κ2) is 5.34. The predicted octanol–water partition coefficient (Wildman–Crippen LogP) is 2.84. The van der Waals surface area contributed by atoms with E-state index in [9.17, 15) is 0 Å². The molecule has 0 saturated carbocycles. The Labute approximate surface area is 102 Å².